The summed E-state index contributed by atoms with van der Waals surface area (Å²) in [7, 11) is 0. The van der Waals surface area contributed by atoms with Crippen molar-refractivity contribution in [3.05, 3.63) is 114 Å². The predicted octanol–water partition coefficient (Wildman–Crippen LogP) is 4.44. The minimum atomic E-state index is -0.415. The Kier molecular flexibility index (Phi) is 6.90. The normalized spacial score (nSPS) is 10.6. The fraction of sp³-hybridized carbons (Fsp3) is 0.115. The number of nitrogens with one attached hydrogen (secondary N) is 1. The van der Waals surface area contributed by atoms with Crippen molar-refractivity contribution < 1.29 is 18.5 Å². The molecule has 4 aromatic rings. The van der Waals surface area contributed by atoms with Crippen molar-refractivity contribution in [2.75, 3.05) is 6.54 Å². The number of hydrogen-bond donors (Lipinski definition) is 1. The molecule has 0 spiro atoms. The number of benzene rings is 3. The lowest BCUT2D eigenvalue weighted by Crippen LogP contribution is -2.40. The lowest BCUT2D eigenvalue weighted by molar-refractivity contribution is -0.122. The Hall–Kier alpha value is -4.26. The quantitative estimate of drug-likeness (QED) is 0.437. The summed E-state index contributed by atoms with van der Waals surface area (Å²) in [6, 6.07) is 26.2. The van der Waals surface area contributed by atoms with Gasteiger partial charge in [0.25, 0.3) is 5.91 Å². The monoisotopic (exact) mass is 443 g/mol. The van der Waals surface area contributed by atoms with Gasteiger partial charge in [0.05, 0.1) is 0 Å². The first-order valence-corrected chi connectivity index (χ1v) is 10.4. The highest BCUT2D eigenvalue weighted by Crippen LogP contribution is 2.21. The third-order valence-electron chi connectivity index (χ3n) is 5.03. The van der Waals surface area contributed by atoms with E-state index in [9.17, 15) is 14.0 Å². The Balaban J connectivity index is 1.48. The van der Waals surface area contributed by atoms with E-state index in [0.717, 1.165) is 16.7 Å². The molecule has 1 heterocycles. The van der Waals surface area contributed by atoms with E-state index in [0.29, 0.717) is 5.76 Å². The van der Waals surface area contributed by atoms with E-state index in [1.165, 1.54) is 17.0 Å². The van der Waals surface area contributed by atoms with E-state index in [4.69, 9.17) is 4.52 Å². The predicted molar refractivity (Wildman–Crippen MR) is 121 cm³/mol. The topological polar surface area (TPSA) is 75.4 Å². The number of carbonyl (C=O) groups excluding carboxylic acids is 2. The SMILES string of the molecule is O=C(CN(Cc1ccccc1)C(=O)c1cc(-c2ccccc2)on1)NCc1ccc(F)cc1. The molecule has 4 rings (SSSR count). The summed E-state index contributed by atoms with van der Waals surface area (Å²) < 4.78 is 18.4. The van der Waals surface area contributed by atoms with Crippen molar-refractivity contribution in [1.29, 1.82) is 0 Å². The third-order valence-corrected chi connectivity index (χ3v) is 5.03. The van der Waals surface area contributed by atoms with Crippen LogP contribution in [0.15, 0.2) is 95.5 Å². The second-order valence-corrected chi connectivity index (χ2v) is 7.49. The molecule has 7 heteroatoms. The first kappa shape index (κ1) is 22.0. The largest absolute Gasteiger partial charge is 0.355 e. The maximum atomic E-state index is 13.2. The average Bonchev–Trinajstić information content (AvgIpc) is 3.34. The molecule has 2 amide bonds. The average molecular weight is 443 g/mol. The van der Waals surface area contributed by atoms with Gasteiger partial charge in [-0.3, -0.25) is 9.59 Å². The molecule has 0 bridgehead atoms. The van der Waals surface area contributed by atoms with Crippen LogP contribution in [0.25, 0.3) is 11.3 Å². The molecule has 0 aliphatic carbocycles. The van der Waals surface area contributed by atoms with Crippen molar-refractivity contribution >= 4 is 11.8 Å². The molecule has 0 unspecified atom stereocenters. The number of rotatable bonds is 8. The van der Waals surface area contributed by atoms with Crippen LogP contribution in [0.3, 0.4) is 0 Å². The van der Waals surface area contributed by atoms with Crippen LogP contribution in [0.4, 0.5) is 4.39 Å². The van der Waals surface area contributed by atoms with Crippen molar-refractivity contribution in [2.24, 2.45) is 0 Å². The third kappa shape index (κ3) is 5.92. The van der Waals surface area contributed by atoms with E-state index in [2.05, 4.69) is 10.5 Å². The van der Waals surface area contributed by atoms with Gasteiger partial charge in [-0.2, -0.15) is 0 Å². The van der Waals surface area contributed by atoms with Crippen LogP contribution in [0.1, 0.15) is 21.6 Å². The van der Waals surface area contributed by atoms with Gasteiger partial charge in [0.2, 0.25) is 5.91 Å². The Bertz CT molecular complexity index is 1210. The van der Waals surface area contributed by atoms with Crippen molar-refractivity contribution in [2.45, 2.75) is 13.1 Å². The molecule has 166 valence electrons. The number of hydrogen-bond acceptors (Lipinski definition) is 4. The zero-order valence-corrected chi connectivity index (χ0v) is 17.8. The van der Waals surface area contributed by atoms with E-state index in [-0.39, 0.29) is 37.1 Å². The summed E-state index contributed by atoms with van der Waals surface area (Å²) in [6.07, 6.45) is 0. The zero-order chi connectivity index (χ0) is 23.0. The molecule has 0 aliphatic rings. The first-order valence-electron chi connectivity index (χ1n) is 10.4. The number of amides is 2. The van der Waals surface area contributed by atoms with Crippen molar-refractivity contribution in [1.82, 2.24) is 15.4 Å². The number of aromatic nitrogens is 1. The highest BCUT2D eigenvalue weighted by atomic mass is 19.1. The molecule has 6 nitrogen and oxygen atoms in total. The molecular weight excluding hydrogens is 421 g/mol. The summed E-state index contributed by atoms with van der Waals surface area (Å²) in [5.74, 6) is -0.622. The summed E-state index contributed by atoms with van der Waals surface area (Å²) in [5.41, 5.74) is 2.56. The zero-order valence-electron chi connectivity index (χ0n) is 17.8. The van der Waals surface area contributed by atoms with Crippen molar-refractivity contribution in [3.63, 3.8) is 0 Å². The molecular formula is C26H22FN3O3. The lowest BCUT2D eigenvalue weighted by Gasteiger charge is -2.21. The fourth-order valence-corrected chi connectivity index (χ4v) is 3.31. The van der Waals surface area contributed by atoms with Crippen molar-refractivity contribution in [3.8, 4) is 11.3 Å². The standard InChI is InChI=1S/C26H22FN3O3/c27-22-13-11-19(12-14-22)16-28-25(31)18-30(17-20-7-3-1-4-8-20)26(32)23-15-24(33-29-23)21-9-5-2-6-10-21/h1-15H,16-18H2,(H,28,31). The molecule has 0 radical (unpaired) electrons. The molecule has 0 fully saturated rings. The molecule has 0 saturated carbocycles. The van der Waals surface area contributed by atoms with Gasteiger partial charge in [-0.05, 0) is 23.3 Å². The number of halogens is 1. The summed E-state index contributed by atoms with van der Waals surface area (Å²) in [4.78, 5) is 27.3. The lowest BCUT2D eigenvalue weighted by atomic mass is 10.1. The van der Waals surface area contributed by atoms with Gasteiger partial charge in [0, 0.05) is 24.7 Å². The Morgan fingerprint density at radius 2 is 1.55 bits per heavy atom. The Labute approximate surface area is 190 Å². The second kappa shape index (κ2) is 10.4. The molecule has 3 aromatic carbocycles. The van der Waals surface area contributed by atoms with E-state index >= 15 is 0 Å². The van der Waals surface area contributed by atoms with Crippen LogP contribution in [-0.2, 0) is 17.9 Å². The highest BCUT2D eigenvalue weighted by Gasteiger charge is 2.23. The van der Waals surface area contributed by atoms with Gasteiger partial charge < -0.3 is 14.7 Å². The molecule has 1 N–H and O–H groups in total. The van der Waals surface area contributed by atoms with Gasteiger partial charge in [-0.15, -0.1) is 0 Å². The van der Waals surface area contributed by atoms with Gasteiger partial charge in [0.15, 0.2) is 11.5 Å². The molecule has 1 aromatic heterocycles. The van der Waals surface area contributed by atoms with E-state index in [1.54, 1.807) is 18.2 Å². The van der Waals surface area contributed by atoms with Crippen LogP contribution >= 0.6 is 0 Å². The maximum absolute atomic E-state index is 13.2. The highest BCUT2D eigenvalue weighted by molar-refractivity contribution is 5.95. The van der Waals surface area contributed by atoms with E-state index in [1.807, 2.05) is 60.7 Å². The van der Waals surface area contributed by atoms with Crippen LogP contribution in [0.5, 0.6) is 0 Å². The van der Waals surface area contributed by atoms with Gasteiger partial charge in [-0.1, -0.05) is 78.0 Å². The fourth-order valence-electron chi connectivity index (χ4n) is 3.31. The van der Waals surface area contributed by atoms with E-state index < -0.39 is 5.91 Å². The Morgan fingerprint density at radius 1 is 0.879 bits per heavy atom. The van der Waals surface area contributed by atoms with Crippen LogP contribution in [-0.4, -0.2) is 28.4 Å². The second-order valence-electron chi connectivity index (χ2n) is 7.49. The smallest absolute Gasteiger partial charge is 0.276 e. The minimum Gasteiger partial charge on any atom is -0.355 e. The Morgan fingerprint density at radius 3 is 2.24 bits per heavy atom. The molecule has 0 saturated heterocycles. The summed E-state index contributed by atoms with van der Waals surface area (Å²) in [5, 5.41) is 6.70. The number of nitrogens with zero attached hydrogens (tertiary/aromatic N) is 2. The first-order chi connectivity index (χ1) is 16.1. The van der Waals surface area contributed by atoms with Crippen LogP contribution in [0.2, 0.25) is 0 Å². The summed E-state index contributed by atoms with van der Waals surface area (Å²) >= 11 is 0. The van der Waals surface area contributed by atoms with Gasteiger partial charge in [-0.25, -0.2) is 4.39 Å². The maximum Gasteiger partial charge on any atom is 0.276 e. The van der Waals surface area contributed by atoms with Crippen LogP contribution in [0, 0.1) is 5.82 Å². The number of carbonyl (C=O) groups is 2. The van der Waals surface area contributed by atoms with Gasteiger partial charge in [0.1, 0.15) is 12.4 Å². The molecule has 0 aliphatic heterocycles. The van der Waals surface area contributed by atoms with Crippen LogP contribution < -0.4 is 5.32 Å². The van der Waals surface area contributed by atoms with Gasteiger partial charge >= 0.3 is 0 Å². The summed E-state index contributed by atoms with van der Waals surface area (Å²) in [6.45, 7) is 0.300. The molecule has 33 heavy (non-hydrogen) atoms. The minimum absolute atomic E-state index is 0.121. The molecule has 0 atom stereocenters.